The standard InChI is InChI=1S/C10H15N3O2/c1-13-7-8(11-12-13)5-9(14)6-10-3-2-4-15-10/h7,10H,2-6H2,1H3. The van der Waals surface area contributed by atoms with E-state index in [1.54, 1.807) is 17.9 Å². The summed E-state index contributed by atoms with van der Waals surface area (Å²) in [6.07, 6.45) is 4.86. The number of aromatic nitrogens is 3. The summed E-state index contributed by atoms with van der Waals surface area (Å²) in [6, 6.07) is 0. The number of ether oxygens (including phenoxy) is 1. The second-order valence-corrected chi connectivity index (χ2v) is 3.94. The van der Waals surface area contributed by atoms with Crippen LogP contribution in [0.5, 0.6) is 0 Å². The van der Waals surface area contributed by atoms with Crippen LogP contribution in [0.15, 0.2) is 6.20 Å². The van der Waals surface area contributed by atoms with Crippen LogP contribution in [0.3, 0.4) is 0 Å². The van der Waals surface area contributed by atoms with Gasteiger partial charge in [-0.1, -0.05) is 5.21 Å². The number of carbonyl (C=O) groups is 1. The summed E-state index contributed by atoms with van der Waals surface area (Å²) >= 11 is 0. The molecule has 1 saturated heterocycles. The van der Waals surface area contributed by atoms with Crippen molar-refractivity contribution >= 4 is 5.78 Å². The lowest BCUT2D eigenvalue weighted by Gasteiger charge is -2.06. The third kappa shape index (κ3) is 2.86. The van der Waals surface area contributed by atoms with Crippen molar-refractivity contribution in [2.75, 3.05) is 6.61 Å². The highest BCUT2D eigenvalue weighted by Gasteiger charge is 2.19. The predicted octanol–water partition coefficient (Wildman–Crippen LogP) is 0.496. The maximum Gasteiger partial charge on any atom is 0.141 e. The molecule has 5 heteroatoms. The first-order chi connectivity index (χ1) is 7.24. The zero-order chi connectivity index (χ0) is 10.7. The lowest BCUT2D eigenvalue weighted by Crippen LogP contribution is -2.14. The second-order valence-electron chi connectivity index (χ2n) is 3.94. The smallest absolute Gasteiger partial charge is 0.141 e. The zero-order valence-electron chi connectivity index (χ0n) is 8.85. The quantitative estimate of drug-likeness (QED) is 0.724. The average molecular weight is 209 g/mol. The van der Waals surface area contributed by atoms with Crippen molar-refractivity contribution in [1.29, 1.82) is 0 Å². The van der Waals surface area contributed by atoms with Gasteiger partial charge in [-0.25, -0.2) is 0 Å². The van der Waals surface area contributed by atoms with E-state index in [2.05, 4.69) is 10.3 Å². The normalized spacial score (nSPS) is 20.7. The topological polar surface area (TPSA) is 57.0 Å². The van der Waals surface area contributed by atoms with Gasteiger partial charge in [0.05, 0.1) is 18.2 Å². The average Bonchev–Trinajstić information content (AvgIpc) is 2.77. The first-order valence-corrected chi connectivity index (χ1v) is 5.22. The monoisotopic (exact) mass is 209 g/mol. The molecule has 0 radical (unpaired) electrons. The Balaban J connectivity index is 1.81. The number of ketones is 1. The molecule has 1 atom stereocenters. The van der Waals surface area contributed by atoms with Crippen LogP contribution in [0.1, 0.15) is 25.0 Å². The first kappa shape index (κ1) is 10.3. The van der Waals surface area contributed by atoms with Gasteiger partial charge in [0, 0.05) is 26.3 Å². The molecule has 1 unspecified atom stereocenters. The van der Waals surface area contributed by atoms with Crippen LogP contribution in [0.25, 0.3) is 0 Å². The van der Waals surface area contributed by atoms with Crippen LogP contribution in [0.2, 0.25) is 0 Å². The van der Waals surface area contributed by atoms with Gasteiger partial charge in [0.25, 0.3) is 0 Å². The molecule has 2 rings (SSSR count). The van der Waals surface area contributed by atoms with Gasteiger partial charge >= 0.3 is 0 Å². The summed E-state index contributed by atoms with van der Waals surface area (Å²) in [6.45, 7) is 0.795. The van der Waals surface area contributed by atoms with Gasteiger partial charge < -0.3 is 4.74 Å². The van der Waals surface area contributed by atoms with E-state index in [0.717, 1.165) is 25.1 Å². The summed E-state index contributed by atoms with van der Waals surface area (Å²) in [4.78, 5) is 11.6. The lowest BCUT2D eigenvalue weighted by atomic mass is 10.1. The van der Waals surface area contributed by atoms with E-state index in [4.69, 9.17) is 4.74 Å². The van der Waals surface area contributed by atoms with E-state index in [9.17, 15) is 4.79 Å². The lowest BCUT2D eigenvalue weighted by molar-refractivity contribution is -0.120. The van der Waals surface area contributed by atoms with Gasteiger partial charge in [0.1, 0.15) is 5.78 Å². The molecule has 0 N–H and O–H groups in total. The van der Waals surface area contributed by atoms with E-state index < -0.39 is 0 Å². The Morgan fingerprint density at radius 1 is 1.73 bits per heavy atom. The van der Waals surface area contributed by atoms with Crippen molar-refractivity contribution in [3.05, 3.63) is 11.9 Å². The zero-order valence-corrected chi connectivity index (χ0v) is 8.85. The Bertz CT molecular complexity index is 342. The Morgan fingerprint density at radius 3 is 3.20 bits per heavy atom. The fourth-order valence-corrected chi connectivity index (χ4v) is 1.81. The largest absolute Gasteiger partial charge is 0.378 e. The fraction of sp³-hybridized carbons (Fsp3) is 0.700. The Hall–Kier alpha value is -1.23. The van der Waals surface area contributed by atoms with Gasteiger partial charge in [-0.05, 0) is 12.8 Å². The predicted molar refractivity (Wildman–Crippen MR) is 53.3 cm³/mol. The molecule has 0 bridgehead atoms. The van der Waals surface area contributed by atoms with Gasteiger partial charge in [-0.15, -0.1) is 5.10 Å². The maximum atomic E-state index is 11.6. The van der Waals surface area contributed by atoms with E-state index >= 15 is 0 Å². The van der Waals surface area contributed by atoms with Gasteiger partial charge in [0.2, 0.25) is 0 Å². The van der Waals surface area contributed by atoms with Crippen molar-refractivity contribution < 1.29 is 9.53 Å². The SMILES string of the molecule is Cn1cc(CC(=O)CC2CCCO2)nn1. The third-order valence-corrected chi connectivity index (χ3v) is 2.51. The number of carbonyl (C=O) groups excluding carboxylic acids is 1. The molecule has 1 aliphatic rings. The molecule has 1 aromatic heterocycles. The highest BCUT2D eigenvalue weighted by atomic mass is 16.5. The summed E-state index contributed by atoms with van der Waals surface area (Å²) < 4.78 is 7.01. The molecule has 5 nitrogen and oxygen atoms in total. The van der Waals surface area contributed by atoms with Crippen LogP contribution in [-0.4, -0.2) is 33.5 Å². The molecule has 0 saturated carbocycles. The van der Waals surface area contributed by atoms with Crippen molar-refractivity contribution in [1.82, 2.24) is 15.0 Å². The van der Waals surface area contributed by atoms with Crippen LogP contribution in [-0.2, 0) is 23.0 Å². The van der Waals surface area contributed by atoms with Gasteiger partial charge in [0.15, 0.2) is 0 Å². The number of nitrogens with zero attached hydrogens (tertiary/aromatic N) is 3. The fourth-order valence-electron chi connectivity index (χ4n) is 1.81. The number of Topliss-reactive ketones (excluding diaryl/α,β-unsaturated/α-hetero) is 1. The molecule has 1 aromatic rings. The summed E-state index contributed by atoms with van der Waals surface area (Å²) in [7, 11) is 1.79. The van der Waals surface area contributed by atoms with Crippen LogP contribution in [0.4, 0.5) is 0 Å². The third-order valence-electron chi connectivity index (χ3n) is 2.51. The van der Waals surface area contributed by atoms with Crippen LogP contribution < -0.4 is 0 Å². The molecule has 0 aromatic carbocycles. The summed E-state index contributed by atoms with van der Waals surface area (Å²) in [5, 5.41) is 7.67. The Morgan fingerprint density at radius 2 is 2.60 bits per heavy atom. The minimum atomic E-state index is 0.133. The van der Waals surface area contributed by atoms with Crippen molar-refractivity contribution in [3.8, 4) is 0 Å². The molecule has 2 heterocycles. The number of aryl methyl sites for hydroxylation is 1. The molecule has 1 aliphatic heterocycles. The van der Waals surface area contributed by atoms with E-state index in [-0.39, 0.29) is 11.9 Å². The highest BCUT2D eigenvalue weighted by Crippen LogP contribution is 2.16. The molecule has 1 fully saturated rings. The summed E-state index contributed by atoms with van der Waals surface area (Å²) in [5.74, 6) is 0.183. The Kier molecular flexibility index (Phi) is 3.11. The Labute approximate surface area is 88.4 Å². The minimum Gasteiger partial charge on any atom is -0.378 e. The van der Waals surface area contributed by atoms with Crippen molar-refractivity contribution in [2.24, 2.45) is 7.05 Å². The molecule has 0 aliphatic carbocycles. The van der Waals surface area contributed by atoms with E-state index in [1.807, 2.05) is 0 Å². The molecule has 15 heavy (non-hydrogen) atoms. The van der Waals surface area contributed by atoms with E-state index in [0.29, 0.717) is 12.8 Å². The molecule has 0 spiro atoms. The first-order valence-electron chi connectivity index (χ1n) is 5.22. The van der Waals surface area contributed by atoms with E-state index in [1.165, 1.54) is 0 Å². The molecular weight excluding hydrogens is 194 g/mol. The highest BCUT2D eigenvalue weighted by molar-refractivity contribution is 5.80. The van der Waals surface area contributed by atoms with Crippen molar-refractivity contribution in [3.63, 3.8) is 0 Å². The maximum absolute atomic E-state index is 11.6. The molecule has 0 amide bonds. The van der Waals surface area contributed by atoms with Gasteiger partial charge in [-0.3, -0.25) is 9.48 Å². The number of hydrogen-bond acceptors (Lipinski definition) is 4. The van der Waals surface area contributed by atoms with Gasteiger partial charge in [-0.2, -0.15) is 0 Å². The summed E-state index contributed by atoms with van der Waals surface area (Å²) in [5.41, 5.74) is 0.737. The van der Waals surface area contributed by atoms with Crippen molar-refractivity contribution in [2.45, 2.75) is 31.8 Å². The number of rotatable bonds is 4. The minimum absolute atomic E-state index is 0.133. The number of hydrogen-bond donors (Lipinski definition) is 0. The second kappa shape index (κ2) is 4.53. The molecular formula is C10H15N3O2. The molecule has 82 valence electrons. The van der Waals surface area contributed by atoms with Crippen LogP contribution >= 0.6 is 0 Å². The van der Waals surface area contributed by atoms with Crippen LogP contribution in [0, 0.1) is 0 Å².